The minimum atomic E-state index is -0.952. The number of benzene rings is 3. The smallest absolute Gasteiger partial charge is 0.294 e. The van der Waals surface area contributed by atoms with Crippen molar-refractivity contribution in [1.29, 1.82) is 0 Å². The van der Waals surface area contributed by atoms with Gasteiger partial charge in [0, 0.05) is 11.1 Å². The van der Waals surface area contributed by atoms with Crippen LogP contribution in [-0.2, 0) is 4.79 Å². The fourth-order valence-electron chi connectivity index (χ4n) is 5.08. The van der Waals surface area contributed by atoms with Crippen molar-refractivity contribution in [2.45, 2.75) is 26.8 Å². The number of amides is 1. The van der Waals surface area contributed by atoms with Crippen LogP contribution in [0.4, 0.5) is 5.69 Å². The average molecular weight is 528 g/mol. The van der Waals surface area contributed by atoms with Gasteiger partial charge in [-0.25, -0.2) is 0 Å². The van der Waals surface area contributed by atoms with Crippen LogP contribution in [0.15, 0.2) is 76.4 Å². The maximum atomic E-state index is 14.0. The van der Waals surface area contributed by atoms with Crippen molar-refractivity contribution in [2.24, 2.45) is 0 Å². The lowest BCUT2D eigenvalue weighted by molar-refractivity contribution is -0.117. The first-order valence-corrected chi connectivity index (χ1v) is 12.5. The third kappa shape index (κ3) is 4.48. The quantitative estimate of drug-likeness (QED) is 0.271. The number of aliphatic hydroxyl groups is 1. The number of fused-ring (bicyclic) bond motifs is 1. The predicted octanol–water partition coefficient (Wildman–Crippen LogP) is 6.25. The first kappa shape index (κ1) is 25.9. The number of nitrogens with zero attached hydrogens (tertiary/aromatic N) is 1. The van der Waals surface area contributed by atoms with E-state index in [1.54, 1.807) is 42.5 Å². The second-order valence-corrected chi connectivity index (χ2v) is 9.35. The number of hydrogen-bond donors (Lipinski definition) is 1. The van der Waals surface area contributed by atoms with E-state index in [2.05, 4.69) is 0 Å². The van der Waals surface area contributed by atoms with Crippen molar-refractivity contribution in [3.63, 3.8) is 0 Å². The molecule has 5 rings (SSSR count). The minimum absolute atomic E-state index is 0.0188. The number of para-hydroxylation sites is 1. The SMILES string of the molecule is CCOc1cc(C2C(C(=O)c3cc4cccc(OC)c4o3)=C(O)C(=O)N2c2cc(C)cc(C)c2)ccc1OC. The van der Waals surface area contributed by atoms with Crippen molar-refractivity contribution in [3.05, 3.63) is 94.4 Å². The third-order valence-electron chi connectivity index (χ3n) is 6.69. The Morgan fingerprint density at radius 1 is 0.949 bits per heavy atom. The first-order valence-electron chi connectivity index (χ1n) is 12.5. The molecule has 0 spiro atoms. The number of ether oxygens (including phenoxy) is 3. The van der Waals surface area contributed by atoms with Crippen LogP contribution in [0.3, 0.4) is 0 Å². The van der Waals surface area contributed by atoms with E-state index in [1.165, 1.54) is 19.1 Å². The molecule has 3 aromatic carbocycles. The first-order chi connectivity index (χ1) is 18.8. The van der Waals surface area contributed by atoms with Crippen molar-refractivity contribution >= 4 is 28.3 Å². The summed E-state index contributed by atoms with van der Waals surface area (Å²) in [6.07, 6.45) is 0. The highest BCUT2D eigenvalue weighted by Gasteiger charge is 2.45. The lowest BCUT2D eigenvalue weighted by Crippen LogP contribution is -2.31. The molecule has 0 aliphatic carbocycles. The zero-order chi connectivity index (χ0) is 27.8. The Bertz CT molecular complexity index is 1610. The number of methoxy groups -OCH3 is 2. The molecule has 2 heterocycles. The summed E-state index contributed by atoms with van der Waals surface area (Å²) in [6.45, 7) is 6.09. The Labute approximate surface area is 226 Å². The van der Waals surface area contributed by atoms with E-state index in [-0.39, 0.29) is 11.3 Å². The van der Waals surface area contributed by atoms with Gasteiger partial charge in [0.25, 0.3) is 5.91 Å². The monoisotopic (exact) mass is 527 g/mol. The molecule has 1 atom stereocenters. The number of carbonyl (C=O) groups excluding carboxylic acids is 2. The van der Waals surface area contributed by atoms with Gasteiger partial charge in [0.2, 0.25) is 5.78 Å². The largest absolute Gasteiger partial charge is 0.503 e. The summed E-state index contributed by atoms with van der Waals surface area (Å²) in [5.74, 6) is -0.511. The molecule has 1 unspecified atom stereocenters. The molecular formula is C31H29NO7. The van der Waals surface area contributed by atoms with Crippen molar-refractivity contribution in [1.82, 2.24) is 0 Å². The minimum Gasteiger partial charge on any atom is -0.503 e. The van der Waals surface area contributed by atoms with Crippen LogP contribution in [0.2, 0.25) is 0 Å². The molecule has 8 heteroatoms. The number of aryl methyl sites for hydroxylation is 2. The summed E-state index contributed by atoms with van der Waals surface area (Å²) < 4.78 is 22.5. The van der Waals surface area contributed by atoms with Gasteiger partial charge in [-0.1, -0.05) is 24.3 Å². The number of ketones is 1. The molecular weight excluding hydrogens is 498 g/mol. The lowest BCUT2D eigenvalue weighted by atomic mass is 9.94. The summed E-state index contributed by atoms with van der Waals surface area (Å²) in [5.41, 5.74) is 3.29. The number of hydrogen-bond acceptors (Lipinski definition) is 7. The zero-order valence-electron chi connectivity index (χ0n) is 22.4. The van der Waals surface area contributed by atoms with Crippen LogP contribution in [0.25, 0.3) is 11.0 Å². The lowest BCUT2D eigenvalue weighted by Gasteiger charge is -2.28. The number of Topliss-reactive ketones (excluding diaryl/α,β-unsaturated/α-hetero) is 1. The molecule has 0 radical (unpaired) electrons. The van der Waals surface area contributed by atoms with Crippen LogP contribution in [0.1, 0.15) is 40.2 Å². The van der Waals surface area contributed by atoms with Crippen molar-refractivity contribution in [3.8, 4) is 17.2 Å². The van der Waals surface area contributed by atoms with Gasteiger partial charge < -0.3 is 23.7 Å². The normalized spacial score (nSPS) is 15.3. The molecule has 1 amide bonds. The van der Waals surface area contributed by atoms with Crippen LogP contribution in [0.5, 0.6) is 17.2 Å². The van der Waals surface area contributed by atoms with Crippen LogP contribution in [-0.4, -0.2) is 37.6 Å². The van der Waals surface area contributed by atoms with Gasteiger partial charge in [0.1, 0.15) is 0 Å². The number of rotatable bonds is 8. The van der Waals surface area contributed by atoms with E-state index in [1.807, 2.05) is 39.0 Å². The standard InChI is InChI=1S/C31H29NO7/c1-6-38-24-15-19(10-11-22(24)36-4)27-26(28(33)25-16-20-8-7-9-23(37-5)30(20)39-25)29(34)31(35)32(27)21-13-17(2)12-18(3)14-21/h7-16,27,34H,6H2,1-5H3. The second kappa shape index (κ2) is 10.2. The molecule has 200 valence electrons. The zero-order valence-corrected chi connectivity index (χ0v) is 22.4. The Morgan fingerprint density at radius 2 is 1.67 bits per heavy atom. The van der Waals surface area contributed by atoms with Gasteiger partial charge in [0.05, 0.1) is 32.4 Å². The van der Waals surface area contributed by atoms with Gasteiger partial charge in [-0.05, 0) is 73.9 Å². The number of aliphatic hydroxyl groups excluding tert-OH is 1. The van der Waals surface area contributed by atoms with Crippen LogP contribution >= 0.6 is 0 Å². The molecule has 0 fully saturated rings. The van der Waals surface area contributed by atoms with Crippen molar-refractivity contribution < 1.29 is 33.3 Å². The Morgan fingerprint density at radius 3 is 2.33 bits per heavy atom. The van der Waals surface area contributed by atoms with Gasteiger partial charge >= 0.3 is 0 Å². The highest BCUT2D eigenvalue weighted by molar-refractivity contribution is 6.20. The topological polar surface area (TPSA) is 98.4 Å². The molecule has 0 bridgehead atoms. The molecule has 1 aliphatic rings. The second-order valence-electron chi connectivity index (χ2n) is 9.35. The van der Waals surface area contributed by atoms with Crippen LogP contribution < -0.4 is 19.1 Å². The summed E-state index contributed by atoms with van der Waals surface area (Å²) in [7, 11) is 3.05. The van der Waals surface area contributed by atoms with E-state index in [0.29, 0.717) is 46.1 Å². The Hall–Kier alpha value is -4.72. The van der Waals surface area contributed by atoms with E-state index < -0.39 is 23.5 Å². The fraction of sp³-hybridized carbons (Fsp3) is 0.226. The Balaban J connectivity index is 1.70. The summed E-state index contributed by atoms with van der Waals surface area (Å²) in [4.78, 5) is 29.1. The third-order valence-corrected chi connectivity index (χ3v) is 6.69. The van der Waals surface area contributed by atoms with Crippen LogP contribution in [0, 0.1) is 13.8 Å². The maximum absolute atomic E-state index is 14.0. The number of anilines is 1. The molecule has 4 aromatic rings. The van der Waals surface area contributed by atoms with Gasteiger partial charge in [-0.3, -0.25) is 14.5 Å². The van der Waals surface area contributed by atoms with Crippen molar-refractivity contribution in [2.75, 3.05) is 25.7 Å². The van der Waals surface area contributed by atoms with E-state index in [0.717, 1.165) is 11.1 Å². The number of carbonyl (C=O) groups is 2. The number of furan rings is 1. The predicted molar refractivity (Wildman–Crippen MR) is 147 cm³/mol. The molecule has 39 heavy (non-hydrogen) atoms. The van der Waals surface area contributed by atoms with Gasteiger partial charge in [-0.15, -0.1) is 0 Å². The van der Waals surface area contributed by atoms with Gasteiger partial charge in [0.15, 0.2) is 34.4 Å². The maximum Gasteiger partial charge on any atom is 0.294 e. The molecule has 8 nitrogen and oxygen atoms in total. The summed E-state index contributed by atoms with van der Waals surface area (Å²) in [6, 6.07) is 16.8. The average Bonchev–Trinajstić information content (AvgIpc) is 3.47. The molecule has 0 saturated carbocycles. The van der Waals surface area contributed by atoms with E-state index >= 15 is 0 Å². The highest BCUT2D eigenvalue weighted by atomic mass is 16.5. The Kier molecular flexibility index (Phi) is 6.78. The fourth-order valence-corrected chi connectivity index (χ4v) is 5.08. The molecule has 1 aromatic heterocycles. The highest BCUT2D eigenvalue weighted by Crippen LogP contribution is 2.45. The van der Waals surface area contributed by atoms with E-state index in [9.17, 15) is 14.7 Å². The molecule has 0 saturated heterocycles. The molecule has 1 aliphatic heterocycles. The summed E-state index contributed by atoms with van der Waals surface area (Å²) >= 11 is 0. The summed E-state index contributed by atoms with van der Waals surface area (Å²) in [5, 5.41) is 11.8. The van der Waals surface area contributed by atoms with E-state index in [4.69, 9.17) is 18.6 Å². The molecule has 1 N–H and O–H groups in total. The van der Waals surface area contributed by atoms with Gasteiger partial charge in [-0.2, -0.15) is 0 Å².